The largest absolute Gasteiger partial charge is 0.391 e. The number of rotatable bonds is 2. The Bertz CT molecular complexity index is 362. The molecule has 1 unspecified atom stereocenters. The average molecular weight is 264 g/mol. The van der Waals surface area contributed by atoms with Gasteiger partial charge in [-0.1, -0.05) is 27.7 Å². The second-order valence-electron chi connectivity index (χ2n) is 5.33. The van der Waals surface area contributed by atoms with E-state index in [2.05, 4.69) is 42.8 Å². The molecule has 3 nitrogen and oxygen atoms in total. The first-order valence-electron chi connectivity index (χ1n) is 7.48. The Morgan fingerprint density at radius 3 is 2.47 bits per heavy atom. The zero-order valence-electron chi connectivity index (χ0n) is 12.9. The van der Waals surface area contributed by atoms with Crippen molar-refractivity contribution >= 4 is 5.69 Å². The fraction of sp³-hybridized carbons (Fsp3) is 0.688. The molecule has 0 aromatic carbocycles. The van der Waals surface area contributed by atoms with E-state index in [1.807, 2.05) is 20.0 Å². The number of aliphatic hydroxyl groups is 1. The van der Waals surface area contributed by atoms with Crippen molar-refractivity contribution in [3.63, 3.8) is 0 Å². The van der Waals surface area contributed by atoms with Gasteiger partial charge < -0.3 is 10.0 Å². The van der Waals surface area contributed by atoms with E-state index >= 15 is 0 Å². The number of piperidine rings is 1. The third kappa shape index (κ3) is 4.20. The van der Waals surface area contributed by atoms with Gasteiger partial charge in [-0.15, -0.1) is 0 Å². The summed E-state index contributed by atoms with van der Waals surface area (Å²) in [6.07, 6.45) is 3.70. The molecule has 3 heteroatoms. The quantitative estimate of drug-likeness (QED) is 0.887. The SMILES string of the molecule is CC.CC(C)c1ccc(N2CC(O)CC[C@@H]2C)cn1. The molecule has 2 atom stereocenters. The van der Waals surface area contributed by atoms with Crippen LogP contribution in [0, 0.1) is 0 Å². The van der Waals surface area contributed by atoms with E-state index in [1.165, 1.54) is 0 Å². The third-order valence-electron chi connectivity index (χ3n) is 3.55. The first-order chi connectivity index (χ1) is 9.08. The molecule has 0 spiro atoms. The monoisotopic (exact) mass is 264 g/mol. The Kier molecular flexibility index (Phi) is 6.29. The van der Waals surface area contributed by atoms with Crippen LogP contribution in [0.3, 0.4) is 0 Å². The van der Waals surface area contributed by atoms with Crippen molar-refractivity contribution in [3.05, 3.63) is 24.0 Å². The Hall–Kier alpha value is -1.09. The summed E-state index contributed by atoms with van der Waals surface area (Å²) >= 11 is 0. The highest BCUT2D eigenvalue weighted by atomic mass is 16.3. The van der Waals surface area contributed by atoms with Crippen molar-refractivity contribution in [1.82, 2.24) is 4.98 Å². The van der Waals surface area contributed by atoms with Crippen molar-refractivity contribution in [2.24, 2.45) is 0 Å². The maximum Gasteiger partial charge on any atom is 0.0716 e. The minimum atomic E-state index is -0.198. The van der Waals surface area contributed by atoms with Gasteiger partial charge in [-0.25, -0.2) is 0 Å². The number of anilines is 1. The number of aliphatic hydroxyl groups excluding tert-OH is 1. The molecular formula is C16H28N2O. The number of hydrogen-bond acceptors (Lipinski definition) is 3. The lowest BCUT2D eigenvalue weighted by Crippen LogP contribution is -2.44. The molecule has 2 heterocycles. The number of aromatic nitrogens is 1. The van der Waals surface area contributed by atoms with E-state index in [0.29, 0.717) is 12.0 Å². The van der Waals surface area contributed by atoms with Gasteiger partial charge in [-0.2, -0.15) is 0 Å². The second kappa shape index (κ2) is 7.49. The lowest BCUT2D eigenvalue weighted by atomic mass is 10.0. The molecule has 1 fully saturated rings. The highest BCUT2D eigenvalue weighted by Gasteiger charge is 2.24. The fourth-order valence-corrected chi connectivity index (χ4v) is 2.36. The summed E-state index contributed by atoms with van der Waals surface area (Å²) in [5.74, 6) is 0.466. The normalized spacial score (nSPS) is 23.0. The smallest absolute Gasteiger partial charge is 0.0716 e. The summed E-state index contributed by atoms with van der Waals surface area (Å²) in [4.78, 5) is 6.74. The summed E-state index contributed by atoms with van der Waals surface area (Å²) in [7, 11) is 0. The number of pyridine rings is 1. The predicted octanol–water partition coefficient (Wildman–Crippen LogP) is 3.58. The van der Waals surface area contributed by atoms with Crippen molar-refractivity contribution < 1.29 is 5.11 Å². The van der Waals surface area contributed by atoms with Crippen LogP contribution in [-0.4, -0.2) is 28.8 Å². The van der Waals surface area contributed by atoms with E-state index in [-0.39, 0.29) is 6.10 Å². The van der Waals surface area contributed by atoms with E-state index in [9.17, 15) is 5.11 Å². The van der Waals surface area contributed by atoms with Gasteiger partial charge in [0, 0.05) is 18.3 Å². The van der Waals surface area contributed by atoms with Crippen LogP contribution < -0.4 is 4.90 Å². The minimum absolute atomic E-state index is 0.198. The van der Waals surface area contributed by atoms with Gasteiger partial charge in [0.2, 0.25) is 0 Å². The summed E-state index contributed by atoms with van der Waals surface area (Å²) in [6, 6.07) is 4.70. The molecule has 0 amide bonds. The molecule has 2 rings (SSSR count). The van der Waals surface area contributed by atoms with E-state index < -0.39 is 0 Å². The lowest BCUT2D eigenvalue weighted by molar-refractivity contribution is 0.144. The van der Waals surface area contributed by atoms with Crippen LogP contribution in [0.4, 0.5) is 5.69 Å². The van der Waals surface area contributed by atoms with Gasteiger partial charge in [0.1, 0.15) is 0 Å². The molecule has 1 aliphatic rings. The van der Waals surface area contributed by atoms with Crippen LogP contribution >= 0.6 is 0 Å². The van der Waals surface area contributed by atoms with Gasteiger partial charge >= 0.3 is 0 Å². The van der Waals surface area contributed by atoms with Crippen molar-refractivity contribution in [2.45, 2.75) is 65.5 Å². The highest BCUT2D eigenvalue weighted by Crippen LogP contribution is 2.25. The van der Waals surface area contributed by atoms with Gasteiger partial charge in [0.15, 0.2) is 0 Å². The van der Waals surface area contributed by atoms with Crippen molar-refractivity contribution in [2.75, 3.05) is 11.4 Å². The number of β-amino-alcohol motifs (C(OH)–C–C–N with tert-alkyl or cyclic N) is 1. The van der Waals surface area contributed by atoms with Crippen molar-refractivity contribution in [3.8, 4) is 0 Å². The zero-order valence-corrected chi connectivity index (χ0v) is 12.9. The molecule has 19 heavy (non-hydrogen) atoms. The highest BCUT2D eigenvalue weighted by molar-refractivity contribution is 5.46. The van der Waals surface area contributed by atoms with Gasteiger partial charge in [0.25, 0.3) is 0 Å². The first kappa shape index (κ1) is 16.0. The second-order valence-corrected chi connectivity index (χ2v) is 5.33. The first-order valence-corrected chi connectivity index (χ1v) is 7.48. The molecule has 1 aliphatic heterocycles. The van der Waals surface area contributed by atoms with Gasteiger partial charge in [-0.3, -0.25) is 4.98 Å². The molecule has 0 saturated carbocycles. The molecule has 1 N–H and O–H groups in total. The maximum absolute atomic E-state index is 9.74. The summed E-state index contributed by atoms with van der Waals surface area (Å²) < 4.78 is 0. The predicted molar refractivity (Wildman–Crippen MR) is 81.7 cm³/mol. The van der Waals surface area contributed by atoms with Crippen LogP contribution in [0.1, 0.15) is 59.1 Å². The molecule has 1 aromatic rings. The standard InChI is InChI=1S/C14H22N2O.C2H6/c1-10(2)14-7-5-12(8-15-14)16-9-13(17)6-4-11(16)3;1-2/h5,7-8,10-11,13,17H,4,6,9H2,1-3H3;1-2H3/t11-,13?;/m0./s1. The Balaban J connectivity index is 0.000000861. The molecule has 1 aromatic heterocycles. The Morgan fingerprint density at radius 1 is 1.26 bits per heavy atom. The van der Waals surface area contributed by atoms with Crippen LogP contribution in [-0.2, 0) is 0 Å². The molecule has 0 bridgehead atoms. The summed E-state index contributed by atoms with van der Waals surface area (Å²) in [5, 5.41) is 9.74. The topological polar surface area (TPSA) is 36.4 Å². The van der Waals surface area contributed by atoms with E-state index in [1.54, 1.807) is 0 Å². The fourth-order valence-electron chi connectivity index (χ4n) is 2.36. The molecule has 0 aliphatic carbocycles. The molecule has 1 saturated heterocycles. The number of hydrogen-bond donors (Lipinski definition) is 1. The minimum Gasteiger partial charge on any atom is -0.391 e. The van der Waals surface area contributed by atoms with E-state index in [4.69, 9.17) is 0 Å². The summed E-state index contributed by atoms with van der Waals surface area (Å²) in [5.41, 5.74) is 2.25. The Labute approximate surface area is 117 Å². The van der Waals surface area contributed by atoms with Crippen LogP contribution in [0.2, 0.25) is 0 Å². The lowest BCUT2D eigenvalue weighted by Gasteiger charge is -2.37. The zero-order chi connectivity index (χ0) is 14.4. The molecule has 0 radical (unpaired) electrons. The maximum atomic E-state index is 9.74. The molecule has 108 valence electrons. The van der Waals surface area contributed by atoms with Crippen LogP contribution in [0.25, 0.3) is 0 Å². The number of nitrogens with zero attached hydrogens (tertiary/aromatic N) is 2. The summed E-state index contributed by atoms with van der Waals surface area (Å²) in [6.45, 7) is 11.2. The van der Waals surface area contributed by atoms with Gasteiger partial charge in [0.05, 0.1) is 18.0 Å². The van der Waals surface area contributed by atoms with Gasteiger partial charge in [-0.05, 0) is 37.8 Å². The van der Waals surface area contributed by atoms with Crippen LogP contribution in [0.15, 0.2) is 18.3 Å². The molecular weight excluding hydrogens is 236 g/mol. The van der Waals surface area contributed by atoms with Crippen molar-refractivity contribution in [1.29, 1.82) is 0 Å². The third-order valence-corrected chi connectivity index (χ3v) is 3.55. The van der Waals surface area contributed by atoms with E-state index in [0.717, 1.165) is 30.8 Å². The average Bonchev–Trinajstić information content (AvgIpc) is 2.44. The van der Waals surface area contributed by atoms with Crippen LogP contribution in [0.5, 0.6) is 0 Å². The Morgan fingerprint density at radius 2 is 1.95 bits per heavy atom.